The average Bonchev–Trinajstić information content (AvgIpc) is 2.95. The van der Waals surface area contributed by atoms with Gasteiger partial charge in [-0.2, -0.15) is 0 Å². The molecule has 0 aromatic carbocycles. The van der Waals surface area contributed by atoms with E-state index in [1.165, 1.54) is 11.2 Å². The van der Waals surface area contributed by atoms with Crippen molar-refractivity contribution < 1.29 is 14.7 Å². The number of likely N-dealkylation sites (tertiary alicyclic amines) is 1. The molecule has 0 spiro atoms. The van der Waals surface area contributed by atoms with Crippen LogP contribution in [-0.4, -0.2) is 49.9 Å². The van der Waals surface area contributed by atoms with E-state index in [0.29, 0.717) is 29.7 Å². The quantitative estimate of drug-likeness (QED) is 0.820. The zero-order valence-electron chi connectivity index (χ0n) is 11.6. The molecule has 1 aliphatic heterocycles. The van der Waals surface area contributed by atoms with Gasteiger partial charge in [-0.25, -0.2) is 14.8 Å². The van der Waals surface area contributed by atoms with Crippen molar-refractivity contribution in [1.82, 2.24) is 19.9 Å². The third-order valence-electron chi connectivity index (χ3n) is 4.15. The number of Topliss-reactive ketones (excluding diaryl/α,β-unsaturated/α-hetero) is 1. The molecular formula is C14H16N4O3. The van der Waals surface area contributed by atoms with E-state index < -0.39 is 6.09 Å². The van der Waals surface area contributed by atoms with E-state index >= 15 is 0 Å². The Bertz CT molecular complexity index is 696. The predicted molar refractivity (Wildman–Crippen MR) is 75.1 cm³/mol. The van der Waals surface area contributed by atoms with Crippen LogP contribution in [0.25, 0.3) is 11.0 Å². The van der Waals surface area contributed by atoms with Crippen molar-refractivity contribution in [1.29, 1.82) is 0 Å². The van der Waals surface area contributed by atoms with E-state index in [-0.39, 0.29) is 24.2 Å². The fraction of sp³-hybridized carbons (Fsp3) is 0.429. The minimum Gasteiger partial charge on any atom is -0.465 e. The molecule has 2 aromatic rings. The summed E-state index contributed by atoms with van der Waals surface area (Å²) in [5.74, 6) is -0.333. The summed E-state index contributed by atoms with van der Waals surface area (Å²) in [5, 5.41) is 9.80. The van der Waals surface area contributed by atoms with Gasteiger partial charge >= 0.3 is 6.09 Å². The Hall–Kier alpha value is -2.44. The third-order valence-corrected chi connectivity index (χ3v) is 4.15. The standard InChI is InChI=1S/C14H16N4O3/c1-8-3-5-18(14(20)21)6-10(8)12(19)11-9-2-4-15-13(9)17-7-16-11/h2,4,7-8,10H,3,5-6H2,1H3,(H,20,21)(H,15,16,17). The molecule has 1 amide bonds. The van der Waals surface area contributed by atoms with E-state index in [1.54, 1.807) is 12.3 Å². The van der Waals surface area contributed by atoms with Crippen LogP contribution in [0.5, 0.6) is 0 Å². The summed E-state index contributed by atoms with van der Waals surface area (Å²) in [7, 11) is 0. The molecule has 1 saturated heterocycles. The molecule has 1 fully saturated rings. The zero-order chi connectivity index (χ0) is 15.0. The fourth-order valence-corrected chi connectivity index (χ4v) is 2.83. The summed E-state index contributed by atoms with van der Waals surface area (Å²) in [6.07, 6.45) is 2.77. The van der Waals surface area contributed by atoms with Crippen LogP contribution in [0.4, 0.5) is 4.79 Å². The van der Waals surface area contributed by atoms with Gasteiger partial charge in [0.2, 0.25) is 0 Å². The maximum Gasteiger partial charge on any atom is 0.407 e. The van der Waals surface area contributed by atoms with Crippen LogP contribution in [0.3, 0.4) is 0 Å². The van der Waals surface area contributed by atoms with Crippen molar-refractivity contribution in [3.05, 3.63) is 24.3 Å². The number of aromatic nitrogens is 3. The molecule has 0 bridgehead atoms. The van der Waals surface area contributed by atoms with Gasteiger partial charge in [-0.1, -0.05) is 6.92 Å². The van der Waals surface area contributed by atoms with Crippen LogP contribution >= 0.6 is 0 Å². The summed E-state index contributed by atoms with van der Waals surface area (Å²) in [6.45, 7) is 2.69. The van der Waals surface area contributed by atoms with Gasteiger partial charge in [-0.3, -0.25) is 4.79 Å². The van der Waals surface area contributed by atoms with Gasteiger partial charge in [0.1, 0.15) is 17.7 Å². The number of H-pyrrole nitrogens is 1. The first-order chi connectivity index (χ1) is 10.1. The van der Waals surface area contributed by atoms with Crippen molar-refractivity contribution in [2.75, 3.05) is 13.1 Å². The molecule has 0 saturated carbocycles. The Balaban J connectivity index is 1.93. The molecule has 3 heterocycles. The lowest BCUT2D eigenvalue weighted by Gasteiger charge is -2.34. The molecule has 7 heteroatoms. The van der Waals surface area contributed by atoms with Crippen LogP contribution < -0.4 is 0 Å². The number of nitrogens with one attached hydrogen (secondary N) is 1. The summed E-state index contributed by atoms with van der Waals surface area (Å²) in [4.78, 5) is 36.3. The molecule has 110 valence electrons. The number of carbonyl (C=O) groups is 2. The number of carbonyl (C=O) groups excluding carboxylic acids is 1. The van der Waals surface area contributed by atoms with Gasteiger partial charge in [0, 0.05) is 30.6 Å². The number of hydrogen-bond donors (Lipinski definition) is 2. The highest BCUT2D eigenvalue weighted by molar-refractivity contribution is 6.06. The highest BCUT2D eigenvalue weighted by Gasteiger charge is 2.35. The highest BCUT2D eigenvalue weighted by atomic mass is 16.4. The Morgan fingerprint density at radius 1 is 1.43 bits per heavy atom. The lowest BCUT2D eigenvalue weighted by atomic mass is 9.82. The summed E-state index contributed by atoms with van der Waals surface area (Å²) >= 11 is 0. The van der Waals surface area contributed by atoms with E-state index in [9.17, 15) is 9.59 Å². The molecule has 21 heavy (non-hydrogen) atoms. The largest absolute Gasteiger partial charge is 0.465 e. The van der Waals surface area contributed by atoms with Gasteiger partial charge < -0.3 is 15.0 Å². The van der Waals surface area contributed by atoms with E-state index in [0.717, 1.165) is 0 Å². The van der Waals surface area contributed by atoms with Crippen LogP contribution in [0.2, 0.25) is 0 Å². The van der Waals surface area contributed by atoms with Crippen LogP contribution in [-0.2, 0) is 0 Å². The maximum absolute atomic E-state index is 12.8. The SMILES string of the molecule is CC1CCN(C(=O)O)CC1C(=O)c1ncnc2[nH]ccc12. The number of hydrogen-bond acceptors (Lipinski definition) is 4. The topological polar surface area (TPSA) is 99.2 Å². The van der Waals surface area contributed by atoms with Crippen LogP contribution in [0, 0.1) is 11.8 Å². The highest BCUT2D eigenvalue weighted by Crippen LogP contribution is 2.28. The van der Waals surface area contributed by atoms with Crippen molar-refractivity contribution in [2.45, 2.75) is 13.3 Å². The molecular weight excluding hydrogens is 272 g/mol. The Kier molecular flexibility index (Phi) is 3.32. The summed E-state index contributed by atoms with van der Waals surface area (Å²) in [6, 6.07) is 1.77. The minimum atomic E-state index is -0.978. The number of rotatable bonds is 2. The summed E-state index contributed by atoms with van der Waals surface area (Å²) in [5.41, 5.74) is 0.984. The van der Waals surface area contributed by atoms with Gasteiger partial charge in [0.05, 0.1) is 0 Å². The molecule has 7 nitrogen and oxygen atoms in total. The van der Waals surface area contributed by atoms with Crippen molar-refractivity contribution in [2.24, 2.45) is 11.8 Å². The van der Waals surface area contributed by atoms with Gasteiger partial charge in [-0.05, 0) is 18.4 Å². The third kappa shape index (κ3) is 2.35. The maximum atomic E-state index is 12.8. The number of amides is 1. The lowest BCUT2D eigenvalue weighted by Crippen LogP contribution is -2.45. The smallest absolute Gasteiger partial charge is 0.407 e. The molecule has 1 aliphatic rings. The molecule has 2 N–H and O–H groups in total. The van der Waals surface area contributed by atoms with Crippen molar-refractivity contribution in [3.8, 4) is 0 Å². The molecule has 0 radical (unpaired) electrons. The molecule has 2 unspecified atom stereocenters. The van der Waals surface area contributed by atoms with Crippen LogP contribution in [0.15, 0.2) is 18.6 Å². The number of carboxylic acid groups (broad SMARTS) is 1. The van der Waals surface area contributed by atoms with E-state index in [1.807, 2.05) is 6.92 Å². The second-order valence-corrected chi connectivity index (χ2v) is 5.43. The minimum absolute atomic E-state index is 0.111. The average molecular weight is 288 g/mol. The fourth-order valence-electron chi connectivity index (χ4n) is 2.83. The first-order valence-electron chi connectivity index (χ1n) is 6.88. The van der Waals surface area contributed by atoms with Crippen molar-refractivity contribution >= 4 is 22.9 Å². The Morgan fingerprint density at radius 3 is 3.00 bits per heavy atom. The number of ketones is 1. The number of aromatic amines is 1. The summed E-state index contributed by atoms with van der Waals surface area (Å²) < 4.78 is 0. The second-order valence-electron chi connectivity index (χ2n) is 5.43. The Morgan fingerprint density at radius 2 is 2.24 bits per heavy atom. The molecule has 3 rings (SSSR count). The predicted octanol–water partition coefficient (Wildman–Crippen LogP) is 1.78. The Labute approximate surface area is 121 Å². The molecule has 2 atom stereocenters. The number of fused-ring (bicyclic) bond motifs is 1. The van der Waals surface area contributed by atoms with Gasteiger partial charge in [-0.15, -0.1) is 0 Å². The first-order valence-corrected chi connectivity index (χ1v) is 6.88. The van der Waals surface area contributed by atoms with E-state index in [4.69, 9.17) is 5.11 Å². The van der Waals surface area contributed by atoms with Crippen molar-refractivity contribution in [3.63, 3.8) is 0 Å². The monoisotopic (exact) mass is 288 g/mol. The van der Waals surface area contributed by atoms with Gasteiger partial charge in [0.15, 0.2) is 5.78 Å². The number of nitrogens with zero attached hydrogens (tertiary/aromatic N) is 3. The van der Waals surface area contributed by atoms with Crippen LogP contribution in [0.1, 0.15) is 23.8 Å². The lowest BCUT2D eigenvalue weighted by molar-refractivity contribution is 0.0703. The number of piperidine rings is 1. The first kappa shape index (κ1) is 13.5. The molecule has 2 aromatic heterocycles. The van der Waals surface area contributed by atoms with Gasteiger partial charge in [0.25, 0.3) is 0 Å². The molecule has 0 aliphatic carbocycles. The normalized spacial score (nSPS) is 22.4. The second kappa shape index (κ2) is 5.16. The zero-order valence-corrected chi connectivity index (χ0v) is 11.6. The van der Waals surface area contributed by atoms with E-state index in [2.05, 4.69) is 15.0 Å².